The zero-order valence-corrected chi connectivity index (χ0v) is 8.20. The van der Waals surface area contributed by atoms with E-state index in [1.807, 2.05) is 0 Å². The number of Topliss-reactive ketones (excluding diaryl/α,β-unsaturated/α-hetero) is 1. The Labute approximate surface area is 79.3 Å². The van der Waals surface area contributed by atoms with Crippen molar-refractivity contribution in [1.29, 1.82) is 0 Å². The van der Waals surface area contributed by atoms with Crippen molar-refractivity contribution in [1.82, 2.24) is 0 Å². The number of aliphatic hydroxyl groups is 1. The molecule has 0 aromatic heterocycles. The highest BCUT2D eigenvalue weighted by Gasteiger charge is 2.43. The van der Waals surface area contributed by atoms with Crippen LogP contribution in [-0.4, -0.2) is 17.0 Å². The standard InChI is InChI=1S/C11H18O2/c1-2-7-5-9-8(11(13)6-7)3-4-10(9)12/h7-9,11,13H,2-6H2,1H3/t7-,8-,9+,11-/m0/s1. The van der Waals surface area contributed by atoms with Crippen molar-refractivity contribution in [2.24, 2.45) is 17.8 Å². The maximum Gasteiger partial charge on any atom is 0.136 e. The highest BCUT2D eigenvalue weighted by molar-refractivity contribution is 5.83. The molecule has 2 rings (SSSR count). The van der Waals surface area contributed by atoms with Gasteiger partial charge in [-0.25, -0.2) is 0 Å². The summed E-state index contributed by atoms with van der Waals surface area (Å²) in [4.78, 5) is 11.5. The SMILES string of the molecule is CC[C@@H]1C[C@H](O)[C@H]2CCC(=O)[C@@H]2C1. The lowest BCUT2D eigenvalue weighted by Gasteiger charge is -2.34. The van der Waals surface area contributed by atoms with Gasteiger partial charge in [-0.2, -0.15) is 0 Å². The molecule has 4 atom stereocenters. The first-order valence-electron chi connectivity index (χ1n) is 5.43. The Morgan fingerprint density at radius 3 is 2.92 bits per heavy atom. The molecule has 0 unspecified atom stereocenters. The van der Waals surface area contributed by atoms with Crippen molar-refractivity contribution in [3.63, 3.8) is 0 Å². The van der Waals surface area contributed by atoms with Crippen LogP contribution in [0, 0.1) is 17.8 Å². The molecule has 0 saturated heterocycles. The molecule has 0 aromatic rings. The monoisotopic (exact) mass is 182 g/mol. The van der Waals surface area contributed by atoms with Crippen molar-refractivity contribution in [3.8, 4) is 0 Å². The minimum Gasteiger partial charge on any atom is -0.393 e. The summed E-state index contributed by atoms with van der Waals surface area (Å²) < 4.78 is 0. The molecule has 0 heterocycles. The Morgan fingerprint density at radius 1 is 1.46 bits per heavy atom. The lowest BCUT2D eigenvalue weighted by atomic mass is 9.73. The van der Waals surface area contributed by atoms with E-state index < -0.39 is 0 Å². The number of carbonyl (C=O) groups excluding carboxylic acids is 1. The Hall–Kier alpha value is -0.370. The van der Waals surface area contributed by atoms with Gasteiger partial charge in [0.05, 0.1) is 6.10 Å². The van der Waals surface area contributed by atoms with Crippen molar-refractivity contribution < 1.29 is 9.90 Å². The third kappa shape index (κ3) is 1.52. The zero-order valence-electron chi connectivity index (χ0n) is 8.20. The number of fused-ring (bicyclic) bond motifs is 1. The molecule has 2 nitrogen and oxygen atoms in total. The highest BCUT2D eigenvalue weighted by atomic mass is 16.3. The average Bonchev–Trinajstić information content (AvgIpc) is 2.48. The van der Waals surface area contributed by atoms with E-state index in [0.29, 0.717) is 24.0 Å². The molecule has 0 amide bonds. The predicted octanol–water partition coefficient (Wildman–Crippen LogP) is 1.76. The smallest absolute Gasteiger partial charge is 0.136 e. The first kappa shape index (κ1) is 9.20. The van der Waals surface area contributed by atoms with Crippen molar-refractivity contribution in [2.45, 2.75) is 45.1 Å². The van der Waals surface area contributed by atoms with Crippen LogP contribution in [0.15, 0.2) is 0 Å². The number of ketones is 1. The predicted molar refractivity (Wildman–Crippen MR) is 50.2 cm³/mol. The van der Waals surface area contributed by atoms with Crippen LogP contribution in [-0.2, 0) is 4.79 Å². The summed E-state index contributed by atoms with van der Waals surface area (Å²) in [6.45, 7) is 2.15. The molecule has 74 valence electrons. The van der Waals surface area contributed by atoms with Crippen LogP contribution in [0.1, 0.15) is 39.0 Å². The maximum absolute atomic E-state index is 11.5. The Balaban J connectivity index is 2.09. The second-order valence-electron chi connectivity index (χ2n) is 4.59. The van der Waals surface area contributed by atoms with E-state index in [0.717, 1.165) is 25.7 Å². The fraction of sp³-hybridized carbons (Fsp3) is 0.909. The Bertz CT molecular complexity index is 212. The molecule has 2 fully saturated rings. The van der Waals surface area contributed by atoms with Crippen LogP contribution in [0.2, 0.25) is 0 Å². The number of carbonyl (C=O) groups is 1. The molecular formula is C11H18O2. The van der Waals surface area contributed by atoms with E-state index in [-0.39, 0.29) is 12.0 Å². The molecule has 0 radical (unpaired) electrons. The van der Waals surface area contributed by atoms with E-state index in [9.17, 15) is 9.90 Å². The summed E-state index contributed by atoms with van der Waals surface area (Å²) >= 11 is 0. The average molecular weight is 182 g/mol. The highest BCUT2D eigenvalue weighted by Crippen LogP contribution is 2.43. The van der Waals surface area contributed by atoms with E-state index >= 15 is 0 Å². The van der Waals surface area contributed by atoms with E-state index in [4.69, 9.17) is 0 Å². The van der Waals surface area contributed by atoms with Crippen LogP contribution < -0.4 is 0 Å². The van der Waals surface area contributed by atoms with E-state index in [1.165, 1.54) is 0 Å². The Morgan fingerprint density at radius 2 is 2.23 bits per heavy atom. The Kier molecular flexibility index (Phi) is 2.41. The summed E-state index contributed by atoms with van der Waals surface area (Å²) in [6.07, 6.45) is 4.51. The second-order valence-corrected chi connectivity index (χ2v) is 4.59. The van der Waals surface area contributed by atoms with Gasteiger partial charge in [-0.05, 0) is 31.1 Å². The molecule has 0 bridgehead atoms. The van der Waals surface area contributed by atoms with Gasteiger partial charge in [-0.15, -0.1) is 0 Å². The van der Waals surface area contributed by atoms with Crippen LogP contribution in [0.3, 0.4) is 0 Å². The van der Waals surface area contributed by atoms with Crippen molar-refractivity contribution in [3.05, 3.63) is 0 Å². The van der Waals surface area contributed by atoms with Gasteiger partial charge in [0.1, 0.15) is 5.78 Å². The first-order chi connectivity index (χ1) is 6.22. The molecule has 2 aliphatic carbocycles. The van der Waals surface area contributed by atoms with E-state index in [1.54, 1.807) is 0 Å². The molecule has 2 heteroatoms. The maximum atomic E-state index is 11.5. The summed E-state index contributed by atoms with van der Waals surface area (Å²) in [5.41, 5.74) is 0. The summed E-state index contributed by atoms with van der Waals surface area (Å²) in [5.74, 6) is 1.49. The minimum absolute atomic E-state index is 0.199. The number of aliphatic hydroxyl groups excluding tert-OH is 1. The van der Waals surface area contributed by atoms with Gasteiger partial charge in [0.2, 0.25) is 0 Å². The molecule has 13 heavy (non-hydrogen) atoms. The first-order valence-corrected chi connectivity index (χ1v) is 5.43. The van der Waals surface area contributed by atoms with Crippen LogP contribution in [0.5, 0.6) is 0 Å². The van der Waals surface area contributed by atoms with Gasteiger partial charge in [-0.3, -0.25) is 4.79 Å². The number of rotatable bonds is 1. The van der Waals surface area contributed by atoms with Crippen LogP contribution in [0.25, 0.3) is 0 Å². The quantitative estimate of drug-likeness (QED) is 0.671. The van der Waals surface area contributed by atoms with Gasteiger partial charge in [0.15, 0.2) is 0 Å². The lowest BCUT2D eigenvalue weighted by molar-refractivity contribution is -0.124. The minimum atomic E-state index is -0.199. The molecule has 0 aliphatic heterocycles. The van der Waals surface area contributed by atoms with Crippen LogP contribution in [0.4, 0.5) is 0 Å². The van der Waals surface area contributed by atoms with Gasteiger partial charge in [0.25, 0.3) is 0 Å². The number of hydrogen-bond acceptors (Lipinski definition) is 2. The summed E-state index contributed by atoms with van der Waals surface area (Å²) in [5, 5.41) is 9.85. The van der Waals surface area contributed by atoms with Gasteiger partial charge < -0.3 is 5.11 Å². The lowest BCUT2D eigenvalue weighted by Crippen LogP contribution is -2.35. The summed E-state index contributed by atoms with van der Waals surface area (Å²) in [7, 11) is 0. The molecule has 2 saturated carbocycles. The molecular weight excluding hydrogens is 164 g/mol. The fourth-order valence-corrected chi connectivity index (χ4v) is 3.01. The topological polar surface area (TPSA) is 37.3 Å². The molecule has 1 N–H and O–H groups in total. The van der Waals surface area contributed by atoms with Crippen molar-refractivity contribution >= 4 is 5.78 Å². The molecule has 2 aliphatic rings. The van der Waals surface area contributed by atoms with Crippen molar-refractivity contribution in [2.75, 3.05) is 0 Å². The largest absolute Gasteiger partial charge is 0.393 e. The van der Waals surface area contributed by atoms with Gasteiger partial charge >= 0.3 is 0 Å². The van der Waals surface area contributed by atoms with Gasteiger partial charge in [-0.1, -0.05) is 13.3 Å². The molecule has 0 aromatic carbocycles. The third-order valence-electron chi connectivity index (χ3n) is 3.89. The third-order valence-corrected chi connectivity index (χ3v) is 3.89. The van der Waals surface area contributed by atoms with E-state index in [2.05, 4.69) is 6.92 Å². The number of hydrogen-bond donors (Lipinski definition) is 1. The summed E-state index contributed by atoms with van der Waals surface area (Å²) in [6, 6.07) is 0. The van der Waals surface area contributed by atoms with Gasteiger partial charge in [0, 0.05) is 12.3 Å². The molecule has 0 spiro atoms. The normalized spacial score (nSPS) is 44.9. The van der Waals surface area contributed by atoms with Crippen LogP contribution >= 0.6 is 0 Å². The second kappa shape index (κ2) is 3.41. The zero-order chi connectivity index (χ0) is 9.42. The fourth-order valence-electron chi connectivity index (χ4n) is 3.01.